The van der Waals surface area contributed by atoms with Gasteiger partial charge in [0.1, 0.15) is 0 Å². The number of benzene rings is 2. The van der Waals surface area contributed by atoms with E-state index < -0.39 is 5.97 Å². The topological polar surface area (TPSA) is 67.7 Å². The Hall–Kier alpha value is -3.19. The first-order chi connectivity index (χ1) is 13.7. The largest absolute Gasteiger partial charge is 0.464 e. The van der Waals surface area contributed by atoms with E-state index in [2.05, 4.69) is 27.0 Å². The Bertz CT molecular complexity index is 1040. The summed E-state index contributed by atoms with van der Waals surface area (Å²) in [5.74, 6) is -0.543. The third kappa shape index (κ3) is 3.48. The van der Waals surface area contributed by atoms with Crippen LogP contribution in [0.15, 0.2) is 59.4 Å². The van der Waals surface area contributed by atoms with Crippen LogP contribution in [0.4, 0.5) is 5.69 Å². The predicted octanol–water partition coefficient (Wildman–Crippen LogP) is 1.96. The van der Waals surface area contributed by atoms with Gasteiger partial charge in [0.25, 0.3) is 5.56 Å². The molecule has 0 unspecified atom stereocenters. The van der Waals surface area contributed by atoms with Crippen LogP contribution in [0, 0.1) is 0 Å². The van der Waals surface area contributed by atoms with Gasteiger partial charge in [0, 0.05) is 37.3 Å². The summed E-state index contributed by atoms with van der Waals surface area (Å²) in [4.78, 5) is 29.5. The van der Waals surface area contributed by atoms with Gasteiger partial charge in [-0.05, 0) is 18.2 Å². The van der Waals surface area contributed by atoms with Gasteiger partial charge in [0.2, 0.25) is 0 Å². The number of carbonyl (C=O) groups excluding carboxylic acids is 1. The van der Waals surface area contributed by atoms with Gasteiger partial charge < -0.3 is 9.64 Å². The number of para-hydroxylation sites is 1. The van der Waals surface area contributed by atoms with Crippen LogP contribution in [0.1, 0.15) is 10.5 Å². The molecule has 4 rings (SSSR count). The minimum atomic E-state index is -0.543. The molecule has 1 aromatic heterocycles. The summed E-state index contributed by atoms with van der Waals surface area (Å²) in [6, 6.07) is 17.3. The molecular formula is C21H22N4O3. The zero-order valence-electron chi connectivity index (χ0n) is 15.7. The van der Waals surface area contributed by atoms with Gasteiger partial charge in [-0.3, -0.25) is 9.69 Å². The van der Waals surface area contributed by atoms with E-state index in [4.69, 9.17) is 4.74 Å². The third-order valence-corrected chi connectivity index (χ3v) is 5.07. The Labute approximate surface area is 162 Å². The van der Waals surface area contributed by atoms with E-state index in [1.165, 1.54) is 17.5 Å². The quantitative estimate of drug-likeness (QED) is 0.647. The van der Waals surface area contributed by atoms with Crippen LogP contribution in [0.3, 0.4) is 0 Å². The van der Waals surface area contributed by atoms with Gasteiger partial charge in [-0.15, -0.1) is 0 Å². The SMILES string of the molecule is COC(=O)c1nn(CN2CCN(c3ccccc3)CC2)c(=O)c2ccccc12. The molecule has 0 atom stereocenters. The summed E-state index contributed by atoms with van der Waals surface area (Å²) in [6.07, 6.45) is 0. The lowest BCUT2D eigenvalue weighted by atomic mass is 10.1. The maximum Gasteiger partial charge on any atom is 0.359 e. The molecule has 7 nitrogen and oxygen atoms in total. The number of anilines is 1. The Balaban J connectivity index is 1.56. The molecule has 0 spiro atoms. The van der Waals surface area contributed by atoms with Crippen LogP contribution in [0.2, 0.25) is 0 Å². The summed E-state index contributed by atoms with van der Waals surface area (Å²) < 4.78 is 6.22. The fraction of sp³-hybridized carbons (Fsp3) is 0.286. The number of hydrogen-bond acceptors (Lipinski definition) is 6. The van der Waals surface area contributed by atoms with E-state index in [1.54, 1.807) is 24.3 Å². The highest BCUT2D eigenvalue weighted by molar-refractivity contribution is 6.01. The second kappa shape index (κ2) is 7.82. The molecule has 7 heteroatoms. The lowest BCUT2D eigenvalue weighted by Crippen LogP contribution is -2.48. The van der Waals surface area contributed by atoms with E-state index in [0.717, 1.165) is 26.2 Å². The summed E-state index contributed by atoms with van der Waals surface area (Å²) in [7, 11) is 1.32. The van der Waals surface area contributed by atoms with E-state index in [9.17, 15) is 9.59 Å². The number of aromatic nitrogens is 2. The van der Waals surface area contributed by atoms with Gasteiger partial charge in [0.15, 0.2) is 5.69 Å². The maximum absolute atomic E-state index is 12.9. The molecule has 3 aromatic rings. The minimum absolute atomic E-state index is 0.167. The van der Waals surface area contributed by atoms with Gasteiger partial charge in [-0.1, -0.05) is 36.4 Å². The van der Waals surface area contributed by atoms with Crippen LogP contribution < -0.4 is 10.5 Å². The normalized spacial score (nSPS) is 15.0. The molecule has 0 aliphatic carbocycles. The molecule has 1 aliphatic heterocycles. The van der Waals surface area contributed by atoms with Gasteiger partial charge in [-0.25, -0.2) is 9.48 Å². The second-order valence-electron chi connectivity index (χ2n) is 6.77. The predicted molar refractivity (Wildman–Crippen MR) is 108 cm³/mol. The number of carbonyl (C=O) groups is 1. The highest BCUT2D eigenvalue weighted by Crippen LogP contribution is 2.17. The zero-order valence-corrected chi connectivity index (χ0v) is 15.7. The molecule has 2 aromatic carbocycles. The molecule has 0 saturated carbocycles. The molecule has 28 heavy (non-hydrogen) atoms. The van der Waals surface area contributed by atoms with Crippen molar-refractivity contribution in [2.75, 3.05) is 38.2 Å². The van der Waals surface area contributed by atoms with Crippen molar-refractivity contribution in [1.29, 1.82) is 0 Å². The molecule has 1 aliphatic rings. The van der Waals surface area contributed by atoms with Crippen molar-refractivity contribution in [3.8, 4) is 0 Å². The Morgan fingerprint density at radius 2 is 1.61 bits per heavy atom. The van der Waals surface area contributed by atoms with Crippen molar-refractivity contribution in [1.82, 2.24) is 14.7 Å². The van der Waals surface area contributed by atoms with Crippen LogP contribution >= 0.6 is 0 Å². The summed E-state index contributed by atoms with van der Waals surface area (Å²) >= 11 is 0. The number of rotatable bonds is 4. The van der Waals surface area contributed by atoms with Gasteiger partial charge >= 0.3 is 5.97 Å². The summed E-state index contributed by atoms with van der Waals surface area (Å²) in [6.45, 7) is 3.70. The first-order valence-electron chi connectivity index (χ1n) is 9.28. The van der Waals surface area contributed by atoms with E-state index in [1.807, 2.05) is 18.2 Å². The van der Waals surface area contributed by atoms with Crippen LogP contribution in [0.5, 0.6) is 0 Å². The van der Waals surface area contributed by atoms with Crippen molar-refractivity contribution >= 4 is 22.4 Å². The molecular weight excluding hydrogens is 356 g/mol. The van der Waals surface area contributed by atoms with Crippen LogP contribution in [-0.4, -0.2) is 53.9 Å². The van der Waals surface area contributed by atoms with Crippen LogP contribution in [0.25, 0.3) is 10.8 Å². The van der Waals surface area contributed by atoms with E-state index >= 15 is 0 Å². The average molecular weight is 378 g/mol. The molecule has 0 amide bonds. The van der Waals surface area contributed by atoms with Gasteiger partial charge in [0.05, 0.1) is 19.2 Å². The number of esters is 1. The maximum atomic E-state index is 12.9. The highest BCUT2D eigenvalue weighted by atomic mass is 16.5. The van der Waals surface area contributed by atoms with E-state index in [0.29, 0.717) is 17.4 Å². The Morgan fingerprint density at radius 3 is 2.29 bits per heavy atom. The number of piperazine rings is 1. The van der Waals surface area contributed by atoms with Crippen molar-refractivity contribution in [2.45, 2.75) is 6.67 Å². The van der Waals surface area contributed by atoms with Crippen molar-refractivity contribution in [3.05, 3.63) is 70.6 Å². The Kier molecular flexibility index (Phi) is 5.08. The number of nitrogens with zero attached hydrogens (tertiary/aromatic N) is 4. The summed E-state index contributed by atoms with van der Waals surface area (Å²) in [5, 5.41) is 5.31. The monoisotopic (exact) mass is 378 g/mol. The first kappa shape index (κ1) is 18.2. The lowest BCUT2D eigenvalue weighted by molar-refractivity contribution is 0.0591. The highest BCUT2D eigenvalue weighted by Gasteiger charge is 2.21. The Morgan fingerprint density at radius 1 is 0.964 bits per heavy atom. The molecule has 0 bridgehead atoms. The van der Waals surface area contributed by atoms with Crippen molar-refractivity contribution < 1.29 is 9.53 Å². The molecule has 144 valence electrons. The average Bonchev–Trinajstić information content (AvgIpc) is 2.76. The standard InChI is InChI=1S/C21H22N4O3/c1-28-21(27)19-17-9-5-6-10-18(17)20(26)25(22-19)15-23-11-13-24(14-12-23)16-7-3-2-4-8-16/h2-10H,11-15H2,1H3. The fourth-order valence-electron chi connectivity index (χ4n) is 3.55. The second-order valence-corrected chi connectivity index (χ2v) is 6.77. The molecule has 0 N–H and O–H groups in total. The smallest absolute Gasteiger partial charge is 0.359 e. The molecule has 1 saturated heterocycles. The number of ether oxygens (including phenoxy) is 1. The first-order valence-corrected chi connectivity index (χ1v) is 9.28. The lowest BCUT2D eigenvalue weighted by Gasteiger charge is -2.36. The van der Waals surface area contributed by atoms with Crippen LogP contribution in [-0.2, 0) is 11.4 Å². The molecule has 1 fully saturated rings. The van der Waals surface area contributed by atoms with Gasteiger partial charge in [-0.2, -0.15) is 5.10 Å². The number of methoxy groups -OCH3 is 1. The van der Waals surface area contributed by atoms with E-state index in [-0.39, 0.29) is 11.3 Å². The third-order valence-electron chi connectivity index (χ3n) is 5.07. The number of fused-ring (bicyclic) bond motifs is 1. The fourth-order valence-corrected chi connectivity index (χ4v) is 3.55. The number of hydrogen-bond donors (Lipinski definition) is 0. The van der Waals surface area contributed by atoms with Crippen molar-refractivity contribution in [2.24, 2.45) is 0 Å². The molecule has 2 heterocycles. The zero-order chi connectivity index (χ0) is 19.5. The molecule has 0 radical (unpaired) electrons. The van der Waals surface area contributed by atoms with Crippen molar-refractivity contribution in [3.63, 3.8) is 0 Å². The minimum Gasteiger partial charge on any atom is -0.464 e. The summed E-state index contributed by atoms with van der Waals surface area (Å²) in [5.41, 5.74) is 1.17.